The first-order valence-electron chi connectivity index (χ1n) is 8.75. The molecule has 1 saturated heterocycles. The number of rotatable bonds is 7. The molecule has 4 atom stereocenters. The molecule has 1 aliphatic heterocycles. The SMILES string of the molecule is CCCC(C)(CNC(C)C)CN1CC(C)CC(C)C1C. The van der Waals surface area contributed by atoms with Crippen LogP contribution in [0.4, 0.5) is 0 Å². The van der Waals surface area contributed by atoms with Crippen molar-refractivity contribution in [2.45, 2.75) is 79.8 Å². The molecule has 4 unspecified atom stereocenters. The summed E-state index contributed by atoms with van der Waals surface area (Å²) in [6.45, 7) is 20.2. The van der Waals surface area contributed by atoms with Gasteiger partial charge in [-0.15, -0.1) is 0 Å². The molecule has 0 amide bonds. The molecule has 0 aromatic heterocycles. The molecule has 1 N–H and O–H groups in total. The van der Waals surface area contributed by atoms with Crippen LogP contribution in [0.3, 0.4) is 0 Å². The minimum absolute atomic E-state index is 0.407. The molecule has 0 aromatic rings. The van der Waals surface area contributed by atoms with E-state index in [-0.39, 0.29) is 0 Å². The molecule has 1 rings (SSSR count). The molecule has 0 aliphatic carbocycles. The van der Waals surface area contributed by atoms with E-state index in [4.69, 9.17) is 0 Å². The first kappa shape index (κ1) is 18.0. The summed E-state index contributed by atoms with van der Waals surface area (Å²) in [4.78, 5) is 2.76. The lowest BCUT2D eigenvalue weighted by Crippen LogP contribution is -2.52. The van der Waals surface area contributed by atoms with Gasteiger partial charge < -0.3 is 5.32 Å². The van der Waals surface area contributed by atoms with Crippen molar-refractivity contribution in [3.63, 3.8) is 0 Å². The van der Waals surface area contributed by atoms with Gasteiger partial charge in [-0.1, -0.05) is 48.0 Å². The van der Waals surface area contributed by atoms with E-state index in [1.165, 1.54) is 32.4 Å². The van der Waals surface area contributed by atoms with Gasteiger partial charge in [-0.05, 0) is 37.0 Å². The lowest BCUT2D eigenvalue weighted by molar-refractivity contribution is 0.0373. The molecule has 1 aliphatic rings. The van der Waals surface area contributed by atoms with Gasteiger partial charge in [0.15, 0.2) is 0 Å². The van der Waals surface area contributed by atoms with Crippen LogP contribution >= 0.6 is 0 Å². The zero-order valence-electron chi connectivity index (χ0n) is 15.0. The Balaban J connectivity index is 2.67. The zero-order valence-corrected chi connectivity index (χ0v) is 15.0. The van der Waals surface area contributed by atoms with Gasteiger partial charge in [0, 0.05) is 31.7 Å². The third-order valence-electron chi connectivity index (χ3n) is 5.10. The van der Waals surface area contributed by atoms with E-state index in [0.717, 1.165) is 24.4 Å². The summed E-state index contributed by atoms with van der Waals surface area (Å²) < 4.78 is 0. The van der Waals surface area contributed by atoms with Gasteiger partial charge in [-0.3, -0.25) is 4.90 Å². The minimum atomic E-state index is 0.407. The summed E-state index contributed by atoms with van der Waals surface area (Å²) in [6.07, 6.45) is 3.99. The molecule has 2 heteroatoms. The molecule has 0 radical (unpaired) electrons. The smallest absolute Gasteiger partial charge is 0.00930 e. The minimum Gasteiger partial charge on any atom is -0.314 e. The van der Waals surface area contributed by atoms with Gasteiger partial charge in [0.25, 0.3) is 0 Å². The van der Waals surface area contributed by atoms with Gasteiger partial charge in [-0.2, -0.15) is 0 Å². The summed E-state index contributed by atoms with van der Waals surface area (Å²) in [6, 6.07) is 1.32. The number of hydrogen-bond acceptors (Lipinski definition) is 2. The highest BCUT2D eigenvalue weighted by molar-refractivity contribution is 4.88. The number of piperidine rings is 1. The van der Waals surface area contributed by atoms with Crippen LogP contribution in [-0.2, 0) is 0 Å². The molecule has 2 nitrogen and oxygen atoms in total. The second-order valence-electron chi connectivity index (χ2n) is 8.08. The maximum absolute atomic E-state index is 3.67. The lowest BCUT2D eigenvalue weighted by atomic mass is 9.80. The van der Waals surface area contributed by atoms with Crippen molar-refractivity contribution in [2.75, 3.05) is 19.6 Å². The van der Waals surface area contributed by atoms with E-state index in [1.807, 2.05) is 0 Å². The largest absolute Gasteiger partial charge is 0.314 e. The highest BCUT2D eigenvalue weighted by Crippen LogP contribution is 2.32. The Hall–Kier alpha value is -0.0800. The van der Waals surface area contributed by atoms with Crippen LogP contribution in [0.1, 0.15) is 67.7 Å². The molecule has 120 valence electrons. The predicted molar refractivity (Wildman–Crippen MR) is 90.1 cm³/mol. The van der Waals surface area contributed by atoms with Crippen LogP contribution in [0.25, 0.3) is 0 Å². The first-order valence-corrected chi connectivity index (χ1v) is 8.75. The van der Waals surface area contributed by atoms with E-state index in [1.54, 1.807) is 0 Å². The number of likely N-dealkylation sites (tertiary alicyclic amines) is 1. The normalized spacial score (nSPS) is 31.5. The second kappa shape index (κ2) is 7.79. The molecule has 0 spiro atoms. The Kier molecular flexibility index (Phi) is 7.00. The summed E-state index contributed by atoms with van der Waals surface area (Å²) in [5.74, 6) is 1.69. The van der Waals surface area contributed by atoms with E-state index in [9.17, 15) is 0 Å². The van der Waals surface area contributed by atoms with Crippen LogP contribution in [0.2, 0.25) is 0 Å². The quantitative estimate of drug-likeness (QED) is 0.754. The summed E-state index contributed by atoms with van der Waals surface area (Å²) in [5, 5.41) is 3.67. The average Bonchev–Trinajstić information content (AvgIpc) is 2.33. The lowest BCUT2D eigenvalue weighted by Gasteiger charge is -2.45. The summed E-state index contributed by atoms with van der Waals surface area (Å²) in [5.41, 5.74) is 0.407. The van der Waals surface area contributed by atoms with Crippen LogP contribution in [0, 0.1) is 17.3 Å². The van der Waals surface area contributed by atoms with E-state index in [2.05, 4.69) is 58.7 Å². The standard InChI is InChI=1S/C18H38N2/c1-8-9-18(7,12-19-14(2)3)13-20-11-15(4)10-16(5)17(20)6/h14-17,19H,8-13H2,1-7H3. The van der Waals surface area contributed by atoms with Crippen LogP contribution in [-0.4, -0.2) is 36.6 Å². The van der Waals surface area contributed by atoms with Crippen molar-refractivity contribution in [3.05, 3.63) is 0 Å². The molecular weight excluding hydrogens is 244 g/mol. The van der Waals surface area contributed by atoms with Crippen molar-refractivity contribution in [2.24, 2.45) is 17.3 Å². The average molecular weight is 283 g/mol. The predicted octanol–water partition coefficient (Wildman–Crippen LogP) is 4.16. The van der Waals surface area contributed by atoms with Crippen molar-refractivity contribution in [1.82, 2.24) is 10.2 Å². The Morgan fingerprint density at radius 3 is 2.45 bits per heavy atom. The maximum atomic E-state index is 3.67. The van der Waals surface area contributed by atoms with E-state index < -0.39 is 0 Å². The Labute approximate surface area is 127 Å². The van der Waals surface area contributed by atoms with Crippen molar-refractivity contribution in [3.8, 4) is 0 Å². The highest BCUT2D eigenvalue weighted by Gasteiger charge is 2.34. The van der Waals surface area contributed by atoms with Gasteiger partial charge in [0.2, 0.25) is 0 Å². The maximum Gasteiger partial charge on any atom is 0.00930 e. The second-order valence-corrected chi connectivity index (χ2v) is 8.08. The summed E-state index contributed by atoms with van der Waals surface area (Å²) in [7, 11) is 0. The van der Waals surface area contributed by atoms with Crippen molar-refractivity contribution in [1.29, 1.82) is 0 Å². The van der Waals surface area contributed by atoms with E-state index in [0.29, 0.717) is 11.5 Å². The number of nitrogens with one attached hydrogen (secondary N) is 1. The molecule has 0 aromatic carbocycles. The van der Waals surface area contributed by atoms with Gasteiger partial charge >= 0.3 is 0 Å². The number of nitrogens with zero attached hydrogens (tertiary/aromatic N) is 1. The van der Waals surface area contributed by atoms with Crippen molar-refractivity contribution >= 4 is 0 Å². The molecular formula is C18H38N2. The van der Waals surface area contributed by atoms with E-state index >= 15 is 0 Å². The van der Waals surface area contributed by atoms with Crippen LogP contribution < -0.4 is 5.32 Å². The van der Waals surface area contributed by atoms with Crippen LogP contribution in [0.5, 0.6) is 0 Å². The Morgan fingerprint density at radius 1 is 1.25 bits per heavy atom. The molecule has 1 fully saturated rings. The summed E-state index contributed by atoms with van der Waals surface area (Å²) >= 11 is 0. The third kappa shape index (κ3) is 5.37. The fraction of sp³-hybridized carbons (Fsp3) is 1.00. The highest BCUT2D eigenvalue weighted by atomic mass is 15.2. The van der Waals surface area contributed by atoms with Gasteiger partial charge in [0.05, 0.1) is 0 Å². The van der Waals surface area contributed by atoms with Gasteiger partial charge in [-0.25, -0.2) is 0 Å². The van der Waals surface area contributed by atoms with Gasteiger partial charge in [0.1, 0.15) is 0 Å². The van der Waals surface area contributed by atoms with Crippen LogP contribution in [0.15, 0.2) is 0 Å². The molecule has 1 heterocycles. The fourth-order valence-corrected chi connectivity index (χ4v) is 3.81. The third-order valence-corrected chi connectivity index (χ3v) is 5.10. The Bertz CT molecular complexity index is 277. The molecule has 0 bridgehead atoms. The Morgan fingerprint density at radius 2 is 1.90 bits per heavy atom. The molecule has 0 saturated carbocycles. The topological polar surface area (TPSA) is 15.3 Å². The first-order chi connectivity index (χ1) is 9.27. The fourth-order valence-electron chi connectivity index (χ4n) is 3.81. The zero-order chi connectivity index (χ0) is 15.3. The monoisotopic (exact) mass is 282 g/mol. The number of hydrogen-bond donors (Lipinski definition) is 1. The van der Waals surface area contributed by atoms with Crippen molar-refractivity contribution < 1.29 is 0 Å². The molecule has 20 heavy (non-hydrogen) atoms.